The van der Waals surface area contributed by atoms with Gasteiger partial charge in [-0.25, -0.2) is 9.97 Å². The molecule has 0 atom stereocenters. The molecular formula is C20H13N3O2S2. The Labute approximate surface area is 162 Å². The van der Waals surface area contributed by atoms with Gasteiger partial charge in [-0.2, -0.15) is 0 Å². The highest BCUT2D eigenvalue weighted by molar-refractivity contribution is 7.25. The Hall–Kier alpha value is -3.03. The van der Waals surface area contributed by atoms with Crippen molar-refractivity contribution in [2.75, 3.05) is 12.4 Å². The van der Waals surface area contributed by atoms with Gasteiger partial charge in [0.05, 0.1) is 22.0 Å². The number of nitrogens with zero attached hydrogens (tertiary/aromatic N) is 2. The van der Waals surface area contributed by atoms with Gasteiger partial charge in [-0.3, -0.25) is 10.1 Å². The summed E-state index contributed by atoms with van der Waals surface area (Å²) in [4.78, 5) is 21.7. The molecular weight excluding hydrogens is 378 g/mol. The summed E-state index contributed by atoms with van der Waals surface area (Å²) in [5.41, 5.74) is 2.28. The van der Waals surface area contributed by atoms with Gasteiger partial charge in [0.1, 0.15) is 5.52 Å². The third kappa shape index (κ3) is 2.81. The van der Waals surface area contributed by atoms with Crippen LogP contribution in [0.15, 0.2) is 54.6 Å². The lowest BCUT2D eigenvalue weighted by Crippen LogP contribution is -2.11. The van der Waals surface area contributed by atoms with Crippen molar-refractivity contribution in [1.29, 1.82) is 0 Å². The smallest absolute Gasteiger partial charge is 0.274 e. The summed E-state index contributed by atoms with van der Waals surface area (Å²) in [6.45, 7) is 0. The number of rotatable bonds is 3. The van der Waals surface area contributed by atoms with Crippen molar-refractivity contribution in [2.24, 2.45) is 0 Å². The summed E-state index contributed by atoms with van der Waals surface area (Å²) in [5.74, 6) is -0.174. The number of methoxy groups -OCH3 is 1. The number of benzene rings is 3. The van der Waals surface area contributed by atoms with Crippen molar-refractivity contribution in [3.63, 3.8) is 0 Å². The molecule has 5 aromatic rings. The molecule has 2 aromatic heterocycles. The molecule has 0 spiro atoms. The first-order valence-electron chi connectivity index (χ1n) is 8.25. The van der Waals surface area contributed by atoms with E-state index in [0.717, 1.165) is 31.2 Å². The summed E-state index contributed by atoms with van der Waals surface area (Å²) in [7, 11) is 1.61. The number of amides is 1. The number of nitrogens with one attached hydrogen (secondary N) is 1. The topological polar surface area (TPSA) is 64.1 Å². The fourth-order valence-electron chi connectivity index (χ4n) is 3.00. The molecule has 5 rings (SSSR count). The highest BCUT2D eigenvalue weighted by atomic mass is 32.1. The van der Waals surface area contributed by atoms with Gasteiger partial charge in [0.2, 0.25) is 0 Å². The first-order chi connectivity index (χ1) is 13.2. The summed E-state index contributed by atoms with van der Waals surface area (Å²) >= 11 is 2.91. The number of hydrogen-bond donors (Lipinski definition) is 1. The van der Waals surface area contributed by atoms with Crippen LogP contribution in [0.2, 0.25) is 0 Å². The van der Waals surface area contributed by atoms with E-state index in [0.29, 0.717) is 15.9 Å². The normalized spacial score (nSPS) is 11.3. The monoisotopic (exact) mass is 391 g/mol. The van der Waals surface area contributed by atoms with Crippen molar-refractivity contribution in [3.8, 4) is 5.19 Å². The predicted molar refractivity (Wildman–Crippen MR) is 111 cm³/mol. The van der Waals surface area contributed by atoms with E-state index < -0.39 is 0 Å². The zero-order valence-electron chi connectivity index (χ0n) is 14.2. The molecule has 0 saturated heterocycles. The molecule has 1 amide bonds. The number of carbonyl (C=O) groups excluding carboxylic acids is 1. The molecule has 0 saturated carbocycles. The number of thiazole rings is 2. The molecule has 0 unspecified atom stereocenters. The van der Waals surface area contributed by atoms with Gasteiger partial charge in [0.15, 0.2) is 5.13 Å². The lowest BCUT2D eigenvalue weighted by molar-refractivity contribution is 0.102. The summed E-state index contributed by atoms with van der Waals surface area (Å²) in [5, 5.41) is 6.23. The number of anilines is 1. The average molecular weight is 391 g/mol. The van der Waals surface area contributed by atoms with Crippen LogP contribution in [0, 0.1) is 0 Å². The summed E-state index contributed by atoms with van der Waals surface area (Å²) in [6.07, 6.45) is 0. The van der Waals surface area contributed by atoms with Gasteiger partial charge in [-0.05, 0) is 35.0 Å². The van der Waals surface area contributed by atoms with E-state index in [2.05, 4.69) is 15.3 Å². The largest absolute Gasteiger partial charge is 0.473 e. The van der Waals surface area contributed by atoms with E-state index in [1.165, 1.54) is 22.7 Å². The lowest BCUT2D eigenvalue weighted by Gasteiger charge is -2.03. The van der Waals surface area contributed by atoms with Crippen LogP contribution in [0.4, 0.5) is 5.13 Å². The van der Waals surface area contributed by atoms with Gasteiger partial charge in [0, 0.05) is 5.56 Å². The Morgan fingerprint density at radius 1 is 1.00 bits per heavy atom. The SMILES string of the molecule is COc1nc2c(ccc3nc(NC(=O)c4ccc5ccccc5c4)sc32)s1. The summed E-state index contributed by atoms with van der Waals surface area (Å²) in [6, 6.07) is 17.6. The second kappa shape index (κ2) is 6.29. The van der Waals surface area contributed by atoms with Gasteiger partial charge >= 0.3 is 0 Å². The first-order valence-corrected chi connectivity index (χ1v) is 9.89. The minimum Gasteiger partial charge on any atom is -0.473 e. The fourth-order valence-corrected chi connectivity index (χ4v) is 4.80. The molecule has 0 radical (unpaired) electrons. The quantitative estimate of drug-likeness (QED) is 0.452. The number of hydrogen-bond acceptors (Lipinski definition) is 6. The molecule has 2 heterocycles. The molecule has 7 heteroatoms. The van der Waals surface area contributed by atoms with E-state index in [4.69, 9.17) is 4.74 Å². The van der Waals surface area contributed by atoms with E-state index in [9.17, 15) is 4.79 Å². The predicted octanol–water partition coefficient (Wildman–Crippen LogP) is 5.32. The van der Waals surface area contributed by atoms with E-state index in [-0.39, 0.29) is 5.91 Å². The highest BCUT2D eigenvalue weighted by Crippen LogP contribution is 2.37. The third-order valence-corrected chi connectivity index (χ3v) is 6.28. The van der Waals surface area contributed by atoms with Gasteiger partial charge in [-0.1, -0.05) is 53.0 Å². The minimum absolute atomic E-state index is 0.174. The van der Waals surface area contributed by atoms with E-state index in [1.807, 2.05) is 54.6 Å². The zero-order chi connectivity index (χ0) is 18.4. The second-order valence-corrected chi connectivity index (χ2v) is 7.97. The maximum absolute atomic E-state index is 12.7. The Morgan fingerprint density at radius 3 is 2.70 bits per heavy atom. The molecule has 132 valence electrons. The van der Waals surface area contributed by atoms with E-state index >= 15 is 0 Å². The number of ether oxygens (including phenoxy) is 1. The van der Waals surface area contributed by atoms with Crippen LogP contribution in [0.25, 0.3) is 31.2 Å². The molecule has 5 nitrogen and oxygen atoms in total. The molecule has 27 heavy (non-hydrogen) atoms. The standard InChI is InChI=1S/C20H13N3O2S2/c1-25-20-22-16-15(26-20)9-8-14-17(16)27-19(21-14)23-18(24)13-7-6-11-4-2-3-5-12(11)10-13/h2-10H,1H3,(H,21,23,24). The van der Waals surface area contributed by atoms with Crippen LogP contribution < -0.4 is 10.1 Å². The van der Waals surface area contributed by atoms with Gasteiger partial charge < -0.3 is 4.74 Å². The van der Waals surface area contributed by atoms with Crippen molar-refractivity contribution < 1.29 is 9.53 Å². The van der Waals surface area contributed by atoms with Crippen molar-refractivity contribution in [2.45, 2.75) is 0 Å². The van der Waals surface area contributed by atoms with Crippen molar-refractivity contribution in [1.82, 2.24) is 9.97 Å². The van der Waals surface area contributed by atoms with Crippen LogP contribution in [-0.4, -0.2) is 23.0 Å². The molecule has 1 N–H and O–H groups in total. The fraction of sp³-hybridized carbons (Fsp3) is 0.0500. The van der Waals surface area contributed by atoms with Gasteiger partial charge in [-0.15, -0.1) is 0 Å². The van der Waals surface area contributed by atoms with Gasteiger partial charge in [0.25, 0.3) is 11.1 Å². The van der Waals surface area contributed by atoms with E-state index in [1.54, 1.807) is 7.11 Å². The van der Waals surface area contributed by atoms with Crippen LogP contribution in [-0.2, 0) is 0 Å². The first kappa shape index (κ1) is 16.2. The maximum Gasteiger partial charge on any atom is 0.274 e. The third-order valence-electron chi connectivity index (χ3n) is 4.30. The lowest BCUT2D eigenvalue weighted by atomic mass is 10.1. The van der Waals surface area contributed by atoms with Crippen LogP contribution >= 0.6 is 22.7 Å². The molecule has 0 aliphatic carbocycles. The molecule has 0 fully saturated rings. The molecule has 0 aliphatic heterocycles. The maximum atomic E-state index is 12.7. The Morgan fingerprint density at radius 2 is 1.85 bits per heavy atom. The molecule has 0 aliphatic rings. The second-order valence-electron chi connectivity index (χ2n) is 5.98. The zero-order valence-corrected chi connectivity index (χ0v) is 15.9. The minimum atomic E-state index is -0.174. The van der Waals surface area contributed by atoms with Crippen molar-refractivity contribution >= 4 is 64.9 Å². The number of carbonyl (C=O) groups is 1. The van der Waals surface area contributed by atoms with Crippen molar-refractivity contribution in [3.05, 3.63) is 60.2 Å². The average Bonchev–Trinajstić information content (AvgIpc) is 3.30. The summed E-state index contributed by atoms with van der Waals surface area (Å²) < 4.78 is 7.22. The molecule has 3 aromatic carbocycles. The van der Waals surface area contributed by atoms with Crippen LogP contribution in [0.3, 0.4) is 0 Å². The highest BCUT2D eigenvalue weighted by Gasteiger charge is 2.14. The number of fused-ring (bicyclic) bond motifs is 4. The Balaban J connectivity index is 1.50. The molecule has 0 bridgehead atoms. The Bertz CT molecular complexity index is 1320. The number of aromatic nitrogens is 2. The van der Waals surface area contributed by atoms with Crippen LogP contribution in [0.1, 0.15) is 10.4 Å². The Kier molecular flexibility index (Phi) is 3.77. The van der Waals surface area contributed by atoms with Crippen LogP contribution in [0.5, 0.6) is 5.19 Å².